The normalized spacial score (nSPS) is 16.2. The minimum atomic E-state index is -0.710. The van der Waals surface area contributed by atoms with Gasteiger partial charge >= 0.3 is 0 Å². The maximum atomic E-state index is 12.3. The molecule has 8 nitrogen and oxygen atoms in total. The van der Waals surface area contributed by atoms with Crippen LogP contribution in [-0.4, -0.2) is 37.6 Å². The largest absolute Gasteiger partial charge is 0.373 e. The average Bonchev–Trinajstić information content (AvgIpc) is 3.19. The first-order valence-corrected chi connectivity index (χ1v) is 8.50. The zero-order valence-electron chi connectivity index (χ0n) is 14.6. The number of anilines is 1. The third kappa shape index (κ3) is 3.82. The van der Waals surface area contributed by atoms with Crippen molar-refractivity contribution in [2.45, 2.75) is 37.6 Å². The lowest BCUT2D eigenvalue weighted by Gasteiger charge is -2.31. The number of hydrogen-bond donors (Lipinski definition) is 2. The molecule has 132 valence electrons. The SMILES string of the molecule is Cn1cc(-c2nn(C)cc2NCC(=O)NC2(C#N)CCCCC2)cn1. The number of nitrogens with zero attached hydrogens (tertiary/aromatic N) is 5. The summed E-state index contributed by atoms with van der Waals surface area (Å²) >= 11 is 0. The minimum absolute atomic E-state index is 0.0996. The quantitative estimate of drug-likeness (QED) is 0.860. The molecule has 0 unspecified atom stereocenters. The fourth-order valence-electron chi connectivity index (χ4n) is 3.28. The molecule has 1 fully saturated rings. The molecule has 1 aliphatic carbocycles. The predicted molar refractivity (Wildman–Crippen MR) is 93.5 cm³/mol. The van der Waals surface area contributed by atoms with Gasteiger partial charge in [-0.15, -0.1) is 0 Å². The number of carbonyl (C=O) groups is 1. The summed E-state index contributed by atoms with van der Waals surface area (Å²) in [5.74, 6) is -0.176. The average molecular weight is 341 g/mol. The fraction of sp³-hybridized carbons (Fsp3) is 0.529. The molecule has 0 aromatic carbocycles. The van der Waals surface area contributed by atoms with E-state index in [0.29, 0.717) is 0 Å². The molecule has 2 aromatic rings. The van der Waals surface area contributed by atoms with Gasteiger partial charge in [-0.3, -0.25) is 14.2 Å². The number of carbonyl (C=O) groups excluding carboxylic acids is 1. The van der Waals surface area contributed by atoms with Crippen molar-refractivity contribution < 1.29 is 4.79 Å². The Morgan fingerprint density at radius 3 is 2.68 bits per heavy atom. The highest BCUT2D eigenvalue weighted by atomic mass is 16.2. The van der Waals surface area contributed by atoms with Gasteiger partial charge in [-0.05, 0) is 12.8 Å². The number of rotatable bonds is 5. The molecule has 1 amide bonds. The van der Waals surface area contributed by atoms with Gasteiger partial charge in [0.2, 0.25) is 5.91 Å². The zero-order valence-corrected chi connectivity index (χ0v) is 14.6. The van der Waals surface area contributed by atoms with Crippen molar-refractivity contribution in [2.24, 2.45) is 14.1 Å². The van der Waals surface area contributed by atoms with Gasteiger partial charge < -0.3 is 10.6 Å². The monoisotopic (exact) mass is 341 g/mol. The fourth-order valence-corrected chi connectivity index (χ4v) is 3.28. The minimum Gasteiger partial charge on any atom is -0.373 e. The van der Waals surface area contributed by atoms with E-state index in [2.05, 4.69) is 26.9 Å². The summed E-state index contributed by atoms with van der Waals surface area (Å²) < 4.78 is 3.40. The van der Waals surface area contributed by atoms with Crippen LogP contribution in [0.15, 0.2) is 18.6 Å². The molecule has 0 spiro atoms. The first kappa shape index (κ1) is 17.0. The van der Waals surface area contributed by atoms with Crippen LogP contribution in [0, 0.1) is 11.3 Å². The maximum Gasteiger partial charge on any atom is 0.240 e. The third-order valence-electron chi connectivity index (χ3n) is 4.55. The molecule has 8 heteroatoms. The summed E-state index contributed by atoms with van der Waals surface area (Å²) in [4.78, 5) is 12.3. The first-order valence-electron chi connectivity index (χ1n) is 8.50. The highest BCUT2D eigenvalue weighted by molar-refractivity contribution is 5.83. The van der Waals surface area contributed by atoms with Gasteiger partial charge in [0.05, 0.1) is 24.5 Å². The van der Waals surface area contributed by atoms with E-state index in [1.165, 1.54) is 0 Å². The van der Waals surface area contributed by atoms with Crippen molar-refractivity contribution in [3.63, 3.8) is 0 Å². The molecule has 0 saturated heterocycles. The number of nitrogens with one attached hydrogen (secondary N) is 2. The second-order valence-electron chi connectivity index (χ2n) is 6.62. The van der Waals surface area contributed by atoms with Crippen LogP contribution in [0.4, 0.5) is 5.69 Å². The Morgan fingerprint density at radius 2 is 2.04 bits per heavy atom. The molecule has 25 heavy (non-hydrogen) atoms. The molecule has 0 bridgehead atoms. The Labute approximate surface area is 146 Å². The van der Waals surface area contributed by atoms with Crippen LogP contribution >= 0.6 is 0 Å². The molecule has 1 saturated carbocycles. The van der Waals surface area contributed by atoms with E-state index in [-0.39, 0.29) is 12.5 Å². The lowest BCUT2D eigenvalue weighted by atomic mass is 9.83. The van der Waals surface area contributed by atoms with Crippen LogP contribution in [0.2, 0.25) is 0 Å². The molecule has 0 atom stereocenters. The lowest BCUT2D eigenvalue weighted by molar-refractivity contribution is -0.121. The topological polar surface area (TPSA) is 101 Å². The lowest BCUT2D eigenvalue weighted by Crippen LogP contribution is -2.50. The van der Waals surface area contributed by atoms with Crippen molar-refractivity contribution in [1.82, 2.24) is 24.9 Å². The number of aryl methyl sites for hydroxylation is 2. The van der Waals surface area contributed by atoms with Crippen LogP contribution in [0.1, 0.15) is 32.1 Å². The maximum absolute atomic E-state index is 12.3. The van der Waals surface area contributed by atoms with Gasteiger partial charge in [0.25, 0.3) is 0 Å². The Hall–Kier alpha value is -2.82. The molecule has 2 aromatic heterocycles. The van der Waals surface area contributed by atoms with Crippen molar-refractivity contribution >= 4 is 11.6 Å². The van der Waals surface area contributed by atoms with Gasteiger partial charge in [-0.2, -0.15) is 15.5 Å². The Kier molecular flexibility index (Phi) is 4.74. The summed E-state index contributed by atoms with van der Waals surface area (Å²) in [5, 5.41) is 24.1. The summed E-state index contributed by atoms with van der Waals surface area (Å²) in [7, 11) is 3.68. The zero-order chi connectivity index (χ0) is 17.9. The Morgan fingerprint density at radius 1 is 1.28 bits per heavy atom. The van der Waals surface area contributed by atoms with Crippen molar-refractivity contribution in [1.29, 1.82) is 5.26 Å². The molecular weight excluding hydrogens is 318 g/mol. The van der Waals surface area contributed by atoms with Crippen LogP contribution in [0.25, 0.3) is 11.3 Å². The summed E-state index contributed by atoms with van der Waals surface area (Å²) in [6.45, 7) is 0.0996. The van der Waals surface area contributed by atoms with E-state index in [1.54, 1.807) is 15.6 Å². The van der Waals surface area contributed by atoms with Gasteiger partial charge in [-0.1, -0.05) is 19.3 Å². The van der Waals surface area contributed by atoms with Gasteiger partial charge in [-0.25, -0.2) is 0 Å². The van der Waals surface area contributed by atoms with Crippen molar-refractivity contribution in [3.8, 4) is 17.3 Å². The van der Waals surface area contributed by atoms with E-state index in [1.807, 2.05) is 26.5 Å². The molecule has 2 heterocycles. The predicted octanol–water partition coefficient (Wildman–Crippen LogP) is 1.58. The van der Waals surface area contributed by atoms with Crippen LogP contribution in [0.5, 0.6) is 0 Å². The molecule has 0 aliphatic heterocycles. The smallest absolute Gasteiger partial charge is 0.240 e. The molecule has 2 N–H and O–H groups in total. The molecule has 0 radical (unpaired) electrons. The van der Waals surface area contributed by atoms with E-state index in [0.717, 1.165) is 49.0 Å². The van der Waals surface area contributed by atoms with Crippen molar-refractivity contribution in [3.05, 3.63) is 18.6 Å². The van der Waals surface area contributed by atoms with Gasteiger partial charge in [0.1, 0.15) is 11.2 Å². The Bertz CT molecular complexity index is 792. The Balaban J connectivity index is 1.66. The molecule has 3 rings (SSSR count). The van der Waals surface area contributed by atoms with E-state index in [9.17, 15) is 10.1 Å². The summed E-state index contributed by atoms with van der Waals surface area (Å²) in [6, 6.07) is 2.30. The van der Waals surface area contributed by atoms with E-state index in [4.69, 9.17) is 0 Å². The van der Waals surface area contributed by atoms with Crippen LogP contribution in [-0.2, 0) is 18.9 Å². The second kappa shape index (κ2) is 6.97. The first-order chi connectivity index (χ1) is 12.0. The van der Waals surface area contributed by atoms with Gasteiger partial charge in [0.15, 0.2) is 0 Å². The third-order valence-corrected chi connectivity index (χ3v) is 4.55. The van der Waals surface area contributed by atoms with E-state index >= 15 is 0 Å². The number of aromatic nitrogens is 4. The molecular formula is C17H23N7O. The highest BCUT2D eigenvalue weighted by Crippen LogP contribution is 2.28. The van der Waals surface area contributed by atoms with Crippen molar-refractivity contribution in [2.75, 3.05) is 11.9 Å². The second-order valence-corrected chi connectivity index (χ2v) is 6.62. The number of amides is 1. The highest BCUT2D eigenvalue weighted by Gasteiger charge is 2.33. The number of hydrogen-bond acceptors (Lipinski definition) is 5. The summed E-state index contributed by atoms with van der Waals surface area (Å²) in [5.41, 5.74) is 1.68. The van der Waals surface area contributed by atoms with Crippen LogP contribution < -0.4 is 10.6 Å². The van der Waals surface area contributed by atoms with Crippen LogP contribution in [0.3, 0.4) is 0 Å². The summed E-state index contributed by atoms with van der Waals surface area (Å²) in [6.07, 6.45) is 9.98. The van der Waals surface area contributed by atoms with Gasteiger partial charge in [0, 0.05) is 32.1 Å². The van der Waals surface area contributed by atoms with E-state index < -0.39 is 5.54 Å². The number of nitriles is 1. The standard InChI is InChI=1S/C17H23N7O/c1-23-10-13(8-20-23)16-14(11-24(2)22-16)19-9-15(25)21-17(12-18)6-4-3-5-7-17/h8,10-11,19H,3-7,9H2,1-2H3,(H,21,25). The molecule has 1 aliphatic rings.